The molecule has 0 aromatic carbocycles. The van der Waals surface area contributed by atoms with E-state index in [-0.39, 0.29) is 18.0 Å². The van der Waals surface area contributed by atoms with Crippen molar-refractivity contribution in [3.63, 3.8) is 0 Å². The van der Waals surface area contributed by atoms with Crippen molar-refractivity contribution in [3.8, 4) is 0 Å². The number of cyclic esters (lactones) is 1. The summed E-state index contributed by atoms with van der Waals surface area (Å²) in [5.74, 6) is -0.0756. The number of hydrogen-bond donors (Lipinski definition) is 1. The SMILES string of the molecule is O=C1OCCN1CCCN1C(=O)NC2(CCCCCCC2)C1=O. The lowest BCUT2D eigenvalue weighted by molar-refractivity contribution is -0.132. The Bertz CT molecular complexity index is 486. The maximum atomic E-state index is 12.8. The van der Waals surface area contributed by atoms with Crippen LogP contribution in [0.25, 0.3) is 0 Å². The second-order valence-corrected chi connectivity index (χ2v) is 6.69. The van der Waals surface area contributed by atoms with Crippen LogP contribution in [0.3, 0.4) is 0 Å². The van der Waals surface area contributed by atoms with Crippen molar-refractivity contribution in [3.05, 3.63) is 0 Å². The van der Waals surface area contributed by atoms with Gasteiger partial charge in [-0.25, -0.2) is 9.59 Å². The van der Waals surface area contributed by atoms with Gasteiger partial charge in [0.2, 0.25) is 0 Å². The van der Waals surface area contributed by atoms with Gasteiger partial charge in [-0.2, -0.15) is 0 Å². The molecule has 0 bridgehead atoms. The Morgan fingerprint density at radius 1 is 1.00 bits per heavy atom. The fourth-order valence-electron chi connectivity index (χ4n) is 3.78. The molecule has 128 valence electrons. The molecule has 2 heterocycles. The molecule has 2 aliphatic heterocycles. The third-order valence-corrected chi connectivity index (χ3v) is 5.11. The Balaban J connectivity index is 1.56. The predicted octanol–water partition coefficient (Wildman–Crippen LogP) is 1.86. The molecule has 0 aromatic rings. The normalized spacial score (nSPS) is 24.6. The van der Waals surface area contributed by atoms with E-state index in [0.29, 0.717) is 32.7 Å². The van der Waals surface area contributed by atoms with Crippen LogP contribution >= 0.6 is 0 Å². The lowest BCUT2D eigenvalue weighted by Crippen LogP contribution is -2.47. The quantitative estimate of drug-likeness (QED) is 0.801. The zero-order valence-corrected chi connectivity index (χ0v) is 13.5. The first-order valence-electron chi connectivity index (χ1n) is 8.68. The van der Waals surface area contributed by atoms with Gasteiger partial charge in [-0.1, -0.05) is 32.1 Å². The topological polar surface area (TPSA) is 79.0 Å². The standard InChI is InChI=1S/C16H25N3O4/c20-13-16(7-4-2-1-3-5-8-16)17-14(21)19(13)10-6-9-18-11-12-23-15(18)22/h1-12H2,(H,17,21). The minimum atomic E-state index is -0.677. The third-order valence-electron chi connectivity index (χ3n) is 5.11. The van der Waals surface area contributed by atoms with Crippen molar-refractivity contribution in [1.29, 1.82) is 0 Å². The first-order valence-corrected chi connectivity index (χ1v) is 8.68. The molecule has 0 aromatic heterocycles. The van der Waals surface area contributed by atoms with Crippen molar-refractivity contribution in [2.24, 2.45) is 0 Å². The maximum Gasteiger partial charge on any atom is 0.409 e. The molecule has 7 nitrogen and oxygen atoms in total. The maximum absolute atomic E-state index is 12.8. The molecular weight excluding hydrogens is 298 g/mol. The number of urea groups is 1. The van der Waals surface area contributed by atoms with Gasteiger partial charge in [0.25, 0.3) is 5.91 Å². The van der Waals surface area contributed by atoms with E-state index in [1.54, 1.807) is 4.90 Å². The summed E-state index contributed by atoms with van der Waals surface area (Å²) < 4.78 is 4.87. The molecule has 1 saturated carbocycles. The Morgan fingerprint density at radius 3 is 2.35 bits per heavy atom. The van der Waals surface area contributed by atoms with Crippen LogP contribution in [0.1, 0.15) is 51.4 Å². The highest BCUT2D eigenvalue weighted by Gasteiger charge is 2.50. The van der Waals surface area contributed by atoms with Crippen LogP contribution < -0.4 is 5.32 Å². The number of amides is 4. The highest BCUT2D eigenvalue weighted by Crippen LogP contribution is 2.32. The molecule has 1 N–H and O–H groups in total. The van der Waals surface area contributed by atoms with E-state index in [9.17, 15) is 14.4 Å². The zero-order chi connectivity index (χ0) is 16.3. The van der Waals surface area contributed by atoms with Gasteiger partial charge in [0.1, 0.15) is 12.1 Å². The van der Waals surface area contributed by atoms with Crippen molar-refractivity contribution < 1.29 is 19.1 Å². The average Bonchev–Trinajstić information content (AvgIpc) is 3.00. The lowest BCUT2D eigenvalue weighted by atomic mass is 9.84. The number of imide groups is 1. The monoisotopic (exact) mass is 323 g/mol. The van der Waals surface area contributed by atoms with Gasteiger partial charge in [-0.3, -0.25) is 9.69 Å². The Kier molecular flexibility index (Phi) is 4.73. The van der Waals surface area contributed by atoms with Crippen molar-refractivity contribution in [2.45, 2.75) is 56.9 Å². The fraction of sp³-hybridized carbons (Fsp3) is 0.812. The smallest absolute Gasteiger partial charge is 0.409 e. The molecule has 3 rings (SSSR count). The number of carbonyl (C=O) groups excluding carboxylic acids is 3. The average molecular weight is 323 g/mol. The van der Waals surface area contributed by atoms with Gasteiger partial charge >= 0.3 is 12.1 Å². The number of carbonyl (C=O) groups is 3. The molecule has 3 fully saturated rings. The van der Waals surface area contributed by atoms with Crippen molar-refractivity contribution in [1.82, 2.24) is 15.1 Å². The van der Waals surface area contributed by atoms with E-state index in [0.717, 1.165) is 38.5 Å². The number of nitrogens with zero attached hydrogens (tertiary/aromatic N) is 2. The zero-order valence-electron chi connectivity index (χ0n) is 13.5. The van der Waals surface area contributed by atoms with Gasteiger partial charge in [-0.15, -0.1) is 0 Å². The highest BCUT2D eigenvalue weighted by atomic mass is 16.6. The number of rotatable bonds is 4. The molecule has 2 saturated heterocycles. The van der Waals surface area contributed by atoms with Crippen molar-refractivity contribution >= 4 is 18.0 Å². The second kappa shape index (κ2) is 6.76. The number of nitrogens with one attached hydrogen (secondary N) is 1. The molecule has 3 aliphatic rings. The minimum absolute atomic E-state index is 0.0756. The van der Waals surface area contributed by atoms with Gasteiger partial charge in [0.05, 0.1) is 6.54 Å². The summed E-state index contributed by atoms with van der Waals surface area (Å²) in [5, 5.41) is 2.96. The Morgan fingerprint density at radius 2 is 1.70 bits per heavy atom. The molecule has 0 radical (unpaired) electrons. The van der Waals surface area contributed by atoms with Crippen LogP contribution in [0.4, 0.5) is 9.59 Å². The summed E-state index contributed by atoms with van der Waals surface area (Å²) in [7, 11) is 0. The molecule has 1 spiro atoms. The molecule has 7 heteroatoms. The summed E-state index contributed by atoms with van der Waals surface area (Å²) in [6, 6.07) is -0.278. The van der Waals surface area contributed by atoms with Gasteiger partial charge in [0, 0.05) is 13.1 Å². The predicted molar refractivity (Wildman–Crippen MR) is 82.8 cm³/mol. The number of hydrogen-bond acceptors (Lipinski definition) is 4. The Hall–Kier alpha value is -1.79. The third kappa shape index (κ3) is 3.28. The summed E-state index contributed by atoms with van der Waals surface area (Å²) in [5.41, 5.74) is -0.677. The molecule has 1 aliphatic carbocycles. The van der Waals surface area contributed by atoms with E-state index >= 15 is 0 Å². The molecule has 0 atom stereocenters. The second-order valence-electron chi connectivity index (χ2n) is 6.69. The van der Waals surface area contributed by atoms with E-state index in [1.807, 2.05) is 0 Å². The van der Waals surface area contributed by atoms with Crippen LogP contribution in [0.5, 0.6) is 0 Å². The van der Waals surface area contributed by atoms with E-state index < -0.39 is 5.54 Å². The van der Waals surface area contributed by atoms with Crippen LogP contribution in [-0.4, -0.2) is 59.6 Å². The van der Waals surface area contributed by atoms with Gasteiger partial charge < -0.3 is 15.0 Å². The molecular formula is C16H25N3O4. The number of ether oxygens (including phenoxy) is 1. The molecule has 0 unspecified atom stereocenters. The summed E-state index contributed by atoms with van der Waals surface area (Å²) in [6.07, 6.45) is 7.21. The molecule has 23 heavy (non-hydrogen) atoms. The van der Waals surface area contributed by atoms with Crippen LogP contribution in [0.15, 0.2) is 0 Å². The summed E-state index contributed by atoms with van der Waals surface area (Å²) in [4.78, 5) is 39.4. The van der Waals surface area contributed by atoms with Gasteiger partial charge in [0.15, 0.2) is 0 Å². The lowest BCUT2D eigenvalue weighted by Gasteiger charge is -2.28. The summed E-state index contributed by atoms with van der Waals surface area (Å²) in [6.45, 7) is 1.88. The first-order chi connectivity index (χ1) is 11.1. The molecule has 4 amide bonds. The highest BCUT2D eigenvalue weighted by molar-refractivity contribution is 6.07. The van der Waals surface area contributed by atoms with Crippen LogP contribution in [0.2, 0.25) is 0 Å². The van der Waals surface area contributed by atoms with Crippen LogP contribution in [0, 0.1) is 0 Å². The first kappa shape index (κ1) is 16.1. The van der Waals surface area contributed by atoms with Gasteiger partial charge in [-0.05, 0) is 19.3 Å². The van der Waals surface area contributed by atoms with E-state index in [4.69, 9.17) is 4.74 Å². The van der Waals surface area contributed by atoms with Crippen LogP contribution in [-0.2, 0) is 9.53 Å². The Labute approximate surface area is 136 Å². The van der Waals surface area contributed by atoms with E-state index in [2.05, 4.69) is 5.32 Å². The minimum Gasteiger partial charge on any atom is -0.448 e. The largest absolute Gasteiger partial charge is 0.448 e. The van der Waals surface area contributed by atoms with Crippen molar-refractivity contribution in [2.75, 3.05) is 26.2 Å². The summed E-state index contributed by atoms with van der Waals surface area (Å²) >= 11 is 0. The van der Waals surface area contributed by atoms with E-state index in [1.165, 1.54) is 11.3 Å². The fourth-order valence-corrected chi connectivity index (χ4v) is 3.78.